The van der Waals surface area contributed by atoms with Crippen LogP contribution in [-0.4, -0.2) is 135 Å². The van der Waals surface area contributed by atoms with Gasteiger partial charge in [-0.05, 0) is 55.2 Å². The summed E-state index contributed by atoms with van der Waals surface area (Å²) in [5, 5.41) is 48.4. The van der Waals surface area contributed by atoms with E-state index < -0.39 is 36.8 Å². The molecule has 2 fully saturated rings. The molecule has 12 nitrogen and oxygen atoms in total. The number of aliphatic hydroxyl groups is 5. The molecule has 4 atom stereocenters. The van der Waals surface area contributed by atoms with Crippen molar-refractivity contribution in [2.24, 2.45) is 5.92 Å². The van der Waals surface area contributed by atoms with Gasteiger partial charge in [-0.1, -0.05) is 13.0 Å². The Morgan fingerprint density at radius 3 is 2.29 bits per heavy atom. The summed E-state index contributed by atoms with van der Waals surface area (Å²) in [4.78, 5) is 27.5. The summed E-state index contributed by atoms with van der Waals surface area (Å²) < 4.78 is 20.7. The second kappa shape index (κ2) is 17.1. The molecule has 0 saturated carbocycles. The van der Waals surface area contributed by atoms with Crippen LogP contribution in [0.2, 0.25) is 0 Å². The molecule has 0 aliphatic carbocycles. The van der Waals surface area contributed by atoms with Crippen molar-refractivity contribution in [3.63, 3.8) is 0 Å². The van der Waals surface area contributed by atoms with Crippen molar-refractivity contribution >= 4 is 11.9 Å². The fourth-order valence-corrected chi connectivity index (χ4v) is 5.83. The normalized spacial score (nSPS) is 19.3. The Morgan fingerprint density at radius 2 is 1.67 bits per heavy atom. The highest BCUT2D eigenvalue weighted by atomic mass is 19.1. The molecule has 2 aliphatic heterocycles. The number of halogens is 1. The van der Waals surface area contributed by atoms with E-state index in [1.165, 1.54) is 6.07 Å². The van der Waals surface area contributed by atoms with E-state index in [1.807, 2.05) is 17.3 Å². The third-order valence-corrected chi connectivity index (χ3v) is 8.88. The SMILES string of the molecule is CCc1cnc(N2CCC(CCCOc3ccc(CC(=O)N4CCN(C[C@H](O)[C@@H](O)[C@H](O)[C@H](O)CO)CC4)c(F)c3)CC2)nc1. The summed E-state index contributed by atoms with van der Waals surface area (Å²) in [6, 6.07) is 4.62. The monoisotopic (exact) mass is 633 g/mol. The van der Waals surface area contributed by atoms with Crippen LogP contribution in [0.3, 0.4) is 0 Å². The third-order valence-electron chi connectivity index (χ3n) is 8.88. The lowest BCUT2D eigenvalue weighted by atomic mass is 9.92. The maximum absolute atomic E-state index is 14.8. The average molecular weight is 634 g/mol. The number of hydrogen-bond acceptors (Lipinski definition) is 11. The molecule has 5 N–H and O–H groups in total. The van der Waals surface area contributed by atoms with Crippen LogP contribution in [0.15, 0.2) is 30.6 Å². The summed E-state index contributed by atoms with van der Waals surface area (Å²) in [6.07, 6.45) is 2.51. The fraction of sp³-hybridized carbons (Fsp3) is 0.656. The first-order valence-corrected chi connectivity index (χ1v) is 16.0. The lowest BCUT2D eigenvalue weighted by Crippen LogP contribution is -2.54. The van der Waals surface area contributed by atoms with Crippen molar-refractivity contribution < 1.29 is 39.5 Å². The molecule has 3 heterocycles. The number of carbonyl (C=O) groups is 1. The molecule has 1 aromatic carbocycles. The van der Waals surface area contributed by atoms with Gasteiger partial charge in [-0.2, -0.15) is 0 Å². The predicted molar refractivity (Wildman–Crippen MR) is 165 cm³/mol. The van der Waals surface area contributed by atoms with E-state index in [0.717, 1.165) is 56.7 Å². The van der Waals surface area contributed by atoms with Gasteiger partial charge in [-0.25, -0.2) is 14.4 Å². The van der Waals surface area contributed by atoms with Gasteiger partial charge in [0.25, 0.3) is 0 Å². The van der Waals surface area contributed by atoms with Crippen LogP contribution >= 0.6 is 0 Å². The van der Waals surface area contributed by atoms with E-state index in [2.05, 4.69) is 21.8 Å². The molecule has 250 valence electrons. The maximum atomic E-state index is 14.8. The van der Waals surface area contributed by atoms with Crippen LogP contribution in [0.25, 0.3) is 0 Å². The predicted octanol–water partition coefficient (Wildman–Crippen LogP) is 0.376. The first-order valence-electron chi connectivity index (χ1n) is 16.0. The van der Waals surface area contributed by atoms with Crippen LogP contribution in [0.4, 0.5) is 10.3 Å². The Bertz CT molecular complexity index is 1190. The molecule has 4 rings (SSSR count). The number of hydrogen-bond donors (Lipinski definition) is 5. The number of carbonyl (C=O) groups excluding carboxylic acids is 1. The molecule has 0 unspecified atom stereocenters. The topological polar surface area (TPSA) is 163 Å². The molecule has 0 spiro atoms. The zero-order valence-electron chi connectivity index (χ0n) is 26.0. The highest BCUT2D eigenvalue weighted by Gasteiger charge is 2.32. The number of benzene rings is 1. The van der Waals surface area contributed by atoms with Crippen molar-refractivity contribution in [3.05, 3.63) is 47.5 Å². The Morgan fingerprint density at radius 1 is 1.00 bits per heavy atom. The Labute approximate surface area is 264 Å². The number of anilines is 1. The van der Waals surface area contributed by atoms with Crippen LogP contribution in [-0.2, 0) is 17.6 Å². The van der Waals surface area contributed by atoms with Gasteiger partial charge in [0.2, 0.25) is 11.9 Å². The van der Waals surface area contributed by atoms with Crippen molar-refractivity contribution in [2.75, 3.05) is 63.9 Å². The highest BCUT2D eigenvalue weighted by molar-refractivity contribution is 5.79. The number of piperidine rings is 1. The van der Waals surface area contributed by atoms with Crippen molar-refractivity contribution in [3.8, 4) is 5.75 Å². The lowest BCUT2D eigenvalue weighted by molar-refractivity contribution is -0.134. The minimum Gasteiger partial charge on any atom is -0.493 e. The Kier molecular flexibility index (Phi) is 13.3. The third kappa shape index (κ3) is 10.0. The van der Waals surface area contributed by atoms with Crippen LogP contribution in [0, 0.1) is 11.7 Å². The summed E-state index contributed by atoms with van der Waals surface area (Å²) >= 11 is 0. The number of aryl methyl sites for hydroxylation is 1. The van der Waals surface area contributed by atoms with E-state index in [-0.39, 0.29) is 18.9 Å². The molecule has 1 amide bonds. The lowest BCUT2D eigenvalue weighted by Gasteiger charge is -2.37. The fourth-order valence-electron chi connectivity index (χ4n) is 5.83. The number of nitrogens with zero attached hydrogens (tertiary/aromatic N) is 5. The molecule has 2 aliphatic rings. The van der Waals surface area contributed by atoms with Gasteiger partial charge in [-0.3, -0.25) is 9.69 Å². The maximum Gasteiger partial charge on any atom is 0.227 e. The highest BCUT2D eigenvalue weighted by Crippen LogP contribution is 2.25. The molecule has 2 saturated heterocycles. The van der Waals surface area contributed by atoms with Crippen LogP contribution in [0.5, 0.6) is 5.75 Å². The average Bonchev–Trinajstić information content (AvgIpc) is 3.07. The van der Waals surface area contributed by atoms with Crippen molar-refractivity contribution in [1.29, 1.82) is 0 Å². The van der Waals surface area contributed by atoms with Gasteiger partial charge < -0.3 is 40.1 Å². The number of aromatic nitrogens is 2. The van der Waals surface area contributed by atoms with Gasteiger partial charge in [0, 0.05) is 64.3 Å². The van der Waals surface area contributed by atoms with E-state index in [0.29, 0.717) is 50.0 Å². The van der Waals surface area contributed by atoms with E-state index in [9.17, 15) is 29.6 Å². The number of amides is 1. The smallest absolute Gasteiger partial charge is 0.227 e. The van der Waals surface area contributed by atoms with Crippen LogP contribution < -0.4 is 9.64 Å². The van der Waals surface area contributed by atoms with Gasteiger partial charge in [0.15, 0.2) is 0 Å². The van der Waals surface area contributed by atoms with Crippen molar-refractivity contribution in [2.45, 2.75) is 69.9 Å². The first-order chi connectivity index (χ1) is 21.7. The summed E-state index contributed by atoms with van der Waals surface area (Å²) in [5.41, 5.74) is 1.43. The van der Waals surface area contributed by atoms with Gasteiger partial charge in [0.1, 0.15) is 29.9 Å². The van der Waals surface area contributed by atoms with Crippen molar-refractivity contribution in [1.82, 2.24) is 19.8 Å². The van der Waals surface area contributed by atoms with E-state index in [4.69, 9.17) is 9.84 Å². The summed E-state index contributed by atoms with van der Waals surface area (Å²) in [6.45, 7) is 5.32. The zero-order valence-corrected chi connectivity index (χ0v) is 26.0. The Hall–Kier alpha value is -2.94. The van der Waals surface area contributed by atoms with E-state index >= 15 is 0 Å². The van der Waals surface area contributed by atoms with E-state index in [1.54, 1.807) is 17.0 Å². The second-order valence-corrected chi connectivity index (χ2v) is 12.1. The Balaban J connectivity index is 1.12. The molecular weight excluding hydrogens is 585 g/mol. The molecule has 45 heavy (non-hydrogen) atoms. The number of rotatable bonds is 15. The molecule has 0 radical (unpaired) electrons. The number of ether oxygens (including phenoxy) is 1. The van der Waals surface area contributed by atoms with Gasteiger partial charge in [-0.15, -0.1) is 0 Å². The minimum absolute atomic E-state index is 0.0251. The first kappa shape index (κ1) is 34.9. The van der Waals surface area contributed by atoms with Gasteiger partial charge in [0.05, 0.1) is 25.7 Å². The number of piperazine rings is 1. The molecule has 0 bridgehead atoms. The molecule has 1 aromatic heterocycles. The minimum atomic E-state index is -1.68. The quantitative estimate of drug-likeness (QED) is 0.172. The summed E-state index contributed by atoms with van der Waals surface area (Å²) in [7, 11) is 0. The largest absolute Gasteiger partial charge is 0.493 e. The van der Waals surface area contributed by atoms with Crippen LogP contribution in [0.1, 0.15) is 43.7 Å². The number of β-amino-alcohol motifs (C(OH)–C–C–N with tert-alkyl or cyclic N) is 1. The summed E-state index contributed by atoms with van der Waals surface area (Å²) in [5.74, 6) is 1.16. The zero-order chi connectivity index (χ0) is 32.3. The molecule has 13 heteroatoms. The second-order valence-electron chi connectivity index (χ2n) is 12.1. The molecular formula is C32H48FN5O7. The van der Waals surface area contributed by atoms with Gasteiger partial charge >= 0.3 is 0 Å². The standard InChI is InChI=1S/C32H48FN5O7/c1-2-22-18-34-32(35-19-22)38-9-7-23(8-10-38)4-3-15-45-25-6-5-24(26(33)17-25)16-29(42)37-13-11-36(12-14-37)20-27(40)30(43)31(44)28(41)21-39/h5-6,17-19,23,27-28,30-31,39-41,43-44H,2-4,7-16,20-21H2,1H3/t27-,28+,30+,31+/m0/s1. The molecule has 2 aromatic rings. The number of aliphatic hydroxyl groups excluding tert-OH is 5.